The summed E-state index contributed by atoms with van der Waals surface area (Å²) in [4.78, 5) is 2.43. The predicted octanol–water partition coefficient (Wildman–Crippen LogP) is 2.09. The number of hydrogen-bond donors (Lipinski definition) is 1. The van der Waals surface area contributed by atoms with Crippen LogP contribution in [0, 0.1) is 5.92 Å². The van der Waals surface area contributed by atoms with Gasteiger partial charge in [0.15, 0.2) is 0 Å². The van der Waals surface area contributed by atoms with Crippen LogP contribution in [0.25, 0.3) is 0 Å². The highest BCUT2D eigenvalue weighted by Gasteiger charge is 2.04. The van der Waals surface area contributed by atoms with E-state index in [0.29, 0.717) is 0 Å². The summed E-state index contributed by atoms with van der Waals surface area (Å²) in [6.45, 7) is 7.79. The molecule has 0 heterocycles. The van der Waals surface area contributed by atoms with Crippen molar-refractivity contribution in [1.82, 2.24) is 4.90 Å². The summed E-state index contributed by atoms with van der Waals surface area (Å²) in [6, 6.07) is 0. The summed E-state index contributed by atoms with van der Waals surface area (Å²) in [5.41, 5.74) is 5.51. The highest BCUT2D eigenvalue weighted by atomic mass is 15.1. The van der Waals surface area contributed by atoms with Crippen LogP contribution in [0.15, 0.2) is 0 Å². The van der Waals surface area contributed by atoms with Crippen molar-refractivity contribution in [3.8, 4) is 0 Å². The zero-order valence-corrected chi connectivity index (χ0v) is 9.55. The van der Waals surface area contributed by atoms with Gasteiger partial charge in [0.2, 0.25) is 0 Å². The van der Waals surface area contributed by atoms with Gasteiger partial charge in [0.25, 0.3) is 0 Å². The Balaban J connectivity index is 3.32. The van der Waals surface area contributed by atoms with Crippen molar-refractivity contribution in [2.75, 3.05) is 26.7 Å². The largest absolute Gasteiger partial charge is 0.330 e. The molecule has 2 nitrogen and oxygen atoms in total. The van der Waals surface area contributed by atoms with E-state index in [0.717, 1.165) is 18.9 Å². The summed E-state index contributed by atoms with van der Waals surface area (Å²) >= 11 is 0. The van der Waals surface area contributed by atoms with Crippen LogP contribution in [0.2, 0.25) is 0 Å². The molecule has 0 aromatic carbocycles. The molecule has 0 aromatic rings. The van der Waals surface area contributed by atoms with E-state index in [2.05, 4.69) is 25.8 Å². The van der Waals surface area contributed by atoms with Crippen molar-refractivity contribution >= 4 is 0 Å². The SMILES string of the molecule is CCCCCN(C)CC(C)CCN. The van der Waals surface area contributed by atoms with Gasteiger partial charge in [0.1, 0.15) is 0 Å². The third-order valence-corrected chi connectivity index (χ3v) is 2.43. The van der Waals surface area contributed by atoms with Crippen molar-refractivity contribution in [3.05, 3.63) is 0 Å². The first kappa shape index (κ1) is 12.9. The van der Waals surface area contributed by atoms with E-state index < -0.39 is 0 Å². The molecule has 0 saturated heterocycles. The van der Waals surface area contributed by atoms with Crippen LogP contribution in [0.5, 0.6) is 0 Å². The van der Waals surface area contributed by atoms with Crippen LogP contribution in [0.4, 0.5) is 0 Å². The van der Waals surface area contributed by atoms with Crippen LogP contribution >= 0.6 is 0 Å². The Hall–Kier alpha value is -0.0800. The van der Waals surface area contributed by atoms with Gasteiger partial charge < -0.3 is 10.6 Å². The molecule has 0 aliphatic rings. The van der Waals surface area contributed by atoms with Gasteiger partial charge in [-0.2, -0.15) is 0 Å². The monoisotopic (exact) mass is 186 g/mol. The smallest absolute Gasteiger partial charge is 0.000444 e. The average molecular weight is 186 g/mol. The Morgan fingerprint density at radius 1 is 1.31 bits per heavy atom. The topological polar surface area (TPSA) is 29.3 Å². The average Bonchev–Trinajstić information content (AvgIpc) is 2.05. The van der Waals surface area contributed by atoms with Crippen molar-refractivity contribution in [1.29, 1.82) is 0 Å². The maximum atomic E-state index is 5.51. The van der Waals surface area contributed by atoms with Crippen LogP contribution in [-0.2, 0) is 0 Å². The van der Waals surface area contributed by atoms with Crippen LogP contribution < -0.4 is 5.73 Å². The van der Waals surface area contributed by atoms with Gasteiger partial charge >= 0.3 is 0 Å². The lowest BCUT2D eigenvalue weighted by Crippen LogP contribution is -2.26. The highest BCUT2D eigenvalue weighted by molar-refractivity contribution is 4.59. The molecule has 80 valence electrons. The van der Waals surface area contributed by atoms with Gasteiger partial charge in [-0.15, -0.1) is 0 Å². The van der Waals surface area contributed by atoms with E-state index in [9.17, 15) is 0 Å². The summed E-state index contributed by atoms with van der Waals surface area (Å²) in [7, 11) is 2.21. The third kappa shape index (κ3) is 8.26. The summed E-state index contributed by atoms with van der Waals surface area (Å²) in [5, 5.41) is 0. The van der Waals surface area contributed by atoms with E-state index in [1.807, 2.05) is 0 Å². The van der Waals surface area contributed by atoms with Crippen molar-refractivity contribution in [2.24, 2.45) is 11.7 Å². The summed E-state index contributed by atoms with van der Waals surface area (Å²) in [6.07, 6.45) is 5.16. The van der Waals surface area contributed by atoms with Crippen LogP contribution in [-0.4, -0.2) is 31.6 Å². The van der Waals surface area contributed by atoms with Gasteiger partial charge in [-0.1, -0.05) is 26.7 Å². The molecule has 0 radical (unpaired) electrons. The molecule has 0 amide bonds. The van der Waals surface area contributed by atoms with Gasteiger partial charge in [-0.3, -0.25) is 0 Å². The molecular weight excluding hydrogens is 160 g/mol. The minimum atomic E-state index is 0.747. The first-order valence-corrected chi connectivity index (χ1v) is 5.59. The molecule has 0 bridgehead atoms. The summed E-state index contributed by atoms with van der Waals surface area (Å²) < 4.78 is 0. The number of hydrogen-bond acceptors (Lipinski definition) is 2. The molecule has 0 aromatic heterocycles. The first-order valence-electron chi connectivity index (χ1n) is 5.59. The lowest BCUT2D eigenvalue weighted by atomic mass is 10.1. The Kier molecular flexibility index (Phi) is 8.46. The Labute approximate surface area is 83.5 Å². The molecule has 13 heavy (non-hydrogen) atoms. The maximum absolute atomic E-state index is 5.51. The fourth-order valence-electron chi connectivity index (χ4n) is 1.63. The molecule has 0 fully saturated rings. The molecule has 1 unspecified atom stereocenters. The second-order valence-corrected chi connectivity index (χ2v) is 4.15. The minimum absolute atomic E-state index is 0.747. The minimum Gasteiger partial charge on any atom is -0.330 e. The Morgan fingerprint density at radius 2 is 2.00 bits per heavy atom. The quantitative estimate of drug-likeness (QED) is 0.588. The van der Waals surface area contributed by atoms with E-state index in [-0.39, 0.29) is 0 Å². The van der Waals surface area contributed by atoms with E-state index in [4.69, 9.17) is 5.73 Å². The standard InChI is InChI=1S/C11H26N2/c1-4-5-6-9-13(3)10-11(2)7-8-12/h11H,4-10,12H2,1-3H3. The molecule has 0 spiro atoms. The molecular formula is C11H26N2. The predicted molar refractivity (Wildman–Crippen MR) is 59.9 cm³/mol. The van der Waals surface area contributed by atoms with E-state index in [1.54, 1.807) is 0 Å². The van der Waals surface area contributed by atoms with Crippen molar-refractivity contribution in [3.63, 3.8) is 0 Å². The van der Waals surface area contributed by atoms with Gasteiger partial charge in [-0.25, -0.2) is 0 Å². The van der Waals surface area contributed by atoms with E-state index in [1.165, 1.54) is 32.4 Å². The molecule has 2 heteroatoms. The number of rotatable bonds is 8. The molecule has 0 aliphatic carbocycles. The number of nitrogens with zero attached hydrogens (tertiary/aromatic N) is 1. The van der Waals surface area contributed by atoms with Gasteiger partial charge in [0.05, 0.1) is 0 Å². The number of nitrogens with two attached hydrogens (primary N) is 1. The van der Waals surface area contributed by atoms with Crippen LogP contribution in [0.1, 0.15) is 39.5 Å². The highest BCUT2D eigenvalue weighted by Crippen LogP contribution is 2.04. The summed E-state index contributed by atoms with van der Waals surface area (Å²) in [5.74, 6) is 0.747. The fourth-order valence-corrected chi connectivity index (χ4v) is 1.63. The normalized spacial score (nSPS) is 13.6. The van der Waals surface area contributed by atoms with Gasteiger partial charge in [0, 0.05) is 6.54 Å². The Bertz CT molecular complexity index is 104. The second-order valence-electron chi connectivity index (χ2n) is 4.15. The maximum Gasteiger partial charge on any atom is 0.000444 e. The van der Waals surface area contributed by atoms with Crippen LogP contribution in [0.3, 0.4) is 0 Å². The molecule has 0 rings (SSSR count). The van der Waals surface area contributed by atoms with Crippen molar-refractivity contribution < 1.29 is 0 Å². The molecule has 2 N–H and O–H groups in total. The first-order chi connectivity index (χ1) is 6.20. The lowest BCUT2D eigenvalue weighted by Gasteiger charge is -2.20. The van der Waals surface area contributed by atoms with Crippen molar-refractivity contribution in [2.45, 2.75) is 39.5 Å². The lowest BCUT2D eigenvalue weighted by molar-refractivity contribution is 0.274. The Morgan fingerprint density at radius 3 is 2.54 bits per heavy atom. The zero-order chi connectivity index (χ0) is 10.1. The molecule has 1 atom stereocenters. The zero-order valence-electron chi connectivity index (χ0n) is 9.55. The number of unbranched alkanes of at least 4 members (excludes halogenated alkanes) is 2. The van der Waals surface area contributed by atoms with Gasteiger partial charge in [-0.05, 0) is 38.9 Å². The third-order valence-electron chi connectivity index (χ3n) is 2.43. The molecule has 0 aliphatic heterocycles. The van der Waals surface area contributed by atoms with E-state index >= 15 is 0 Å². The molecule has 0 saturated carbocycles. The second kappa shape index (κ2) is 8.52. The fraction of sp³-hybridized carbons (Fsp3) is 1.00.